The molecule has 0 fully saturated rings. The van der Waals surface area contributed by atoms with E-state index >= 15 is 0 Å². The van der Waals surface area contributed by atoms with Crippen molar-refractivity contribution in [3.05, 3.63) is 120 Å². The fraction of sp³-hybridized carbons (Fsp3) is 0.273. The zero-order chi connectivity index (χ0) is 36.3. The lowest BCUT2D eigenvalue weighted by Gasteiger charge is -2.23. The van der Waals surface area contributed by atoms with Crippen molar-refractivity contribution in [3.63, 3.8) is 0 Å². The van der Waals surface area contributed by atoms with Gasteiger partial charge in [0.1, 0.15) is 11.5 Å². The molecule has 5 aromatic rings. The standard InChI is InChI=1S/C44H50N6O2/c1-49(2,3)25-7-27-51-43-21-17-37(18-22-43)47-39-13-14-40(47)30-34-10-12-36(46-34)32-42-16-15-41(31-35-11-9-33(29-39)45-35)48(42)38-19-23-44(24-20-38)52-28-8-26-50(4,5)6/h9-24,29-32H,7-8,25-28H2,1-6H3/q+2. The molecule has 8 nitrogen and oxygen atoms in total. The summed E-state index contributed by atoms with van der Waals surface area (Å²) in [5, 5.41) is 0. The van der Waals surface area contributed by atoms with Crippen LogP contribution in [0.1, 0.15) is 35.6 Å². The molecule has 0 aliphatic carbocycles. The Balaban J connectivity index is 1.25. The van der Waals surface area contributed by atoms with E-state index in [4.69, 9.17) is 19.4 Å². The van der Waals surface area contributed by atoms with E-state index in [2.05, 4.69) is 173 Å². The maximum absolute atomic E-state index is 6.08. The number of hydrogen-bond donors (Lipinski definition) is 0. The SMILES string of the molecule is C[N+](C)(C)CCCOc1ccc(-n2c3ccc2cc2nc(cc4ccc(cc5nc(c3)C=C5)n4-c3ccc(OCCC[N+](C)(C)C)cc3)C=C2)cc1. The van der Waals surface area contributed by atoms with Crippen LogP contribution in [0, 0.1) is 0 Å². The Kier molecular flexibility index (Phi) is 9.86. The van der Waals surface area contributed by atoms with Crippen LogP contribution in [0.15, 0.2) is 97.1 Å². The Bertz CT molecular complexity index is 2010. The van der Waals surface area contributed by atoms with Crippen molar-refractivity contribution in [2.24, 2.45) is 0 Å². The molecule has 0 amide bonds. The summed E-state index contributed by atoms with van der Waals surface area (Å²) in [6.07, 6.45) is 10.3. The van der Waals surface area contributed by atoms with Crippen molar-refractivity contribution in [1.29, 1.82) is 0 Å². The molecule has 52 heavy (non-hydrogen) atoms. The largest absolute Gasteiger partial charge is 0.493 e. The van der Waals surface area contributed by atoms with Crippen LogP contribution in [-0.2, 0) is 0 Å². The second-order valence-corrected chi connectivity index (χ2v) is 15.6. The van der Waals surface area contributed by atoms with Crippen molar-refractivity contribution < 1.29 is 18.4 Å². The van der Waals surface area contributed by atoms with E-state index in [0.29, 0.717) is 13.2 Å². The average Bonchev–Trinajstić information content (AvgIpc) is 3.90. The number of aromatic nitrogens is 4. The third kappa shape index (κ3) is 8.70. The van der Waals surface area contributed by atoms with Gasteiger partial charge >= 0.3 is 0 Å². The molecule has 0 unspecified atom stereocenters. The number of benzene rings is 2. The minimum atomic E-state index is 0.699. The third-order valence-corrected chi connectivity index (χ3v) is 9.11. The maximum atomic E-state index is 6.08. The lowest BCUT2D eigenvalue weighted by molar-refractivity contribution is -0.870. The van der Waals surface area contributed by atoms with Gasteiger partial charge in [0.25, 0.3) is 0 Å². The highest BCUT2D eigenvalue weighted by Gasteiger charge is 2.11. The fourth-order valence-electron chi connectivity index (χ4n) is 6.54. The topological polar surface area (TPSA) is 54.1 Å². The first-order valence-electron chi connectivity index (χ1n) is 18.1. The van der Waals surface area contributed by atoms with Crippen LogP contribution < -0.4 is 9.47 Å². The van der Waals surface area contributed by atoms with Gasteiger partial charge < -0.3 is 27.6 Å². The van der Waals surface area contributed by atoms with Gasteiger partial charge in [-0.2, -0.15) is 0 Å². The van der Waals surface area contributed by atoms with Crippen molar-refractivity contribution in [3.8, 4) is 22.9 Å². The Labute approximate surface area is 307 Å². The predicted molar refractivity (Wildman–Crippen MR) is 215 cm³/mol. The summed E-state index contributed by atoms with van der Waals surface area (Å²) in [5.74, 6) is 1.75. The molecular weight excluding hydrogens is 645 g/mol. The van der Waals surface area contributed by atoms with E-state index in [1.807, 2.05) is 0 Å². The van der Waals surface area contributed by atoms with Gasteiger partial charge in [0.05, 0.1) is 91.4 Å². The summed E-state index contributed by atoms with van der Waals surface area (Å²) in [7, 11) is 13.2. The number of fused-ring (bicyclic) bond motifs is 8. The molecule has 7 rings (SSSR count). The minimum absolute atomic E-state index is 0.699. The van der Waals surface area contributed by atoms with Gasteiger partial charge in [-0.25, -0.2) is 9.97 Å². The average molecular weight is 695 g/mol. The maximum Gasteiger partial charge on any atom is 0.119 e. The van der Waals surface area contributed by atoms with E-state index in [-0.39, 0.29) is 0 Å². The van der Waals surface area contributed by atoms with Gasteiger partial charge in [0, 0.05) is 46.3 Å². The van der Waals surface area contributed by atoms with Gasteiger partial charge in [-0.05, 0) is 121 Å². The van der Waals surface area contributed by atoms with Crippen LogP contribution in [-0.4, -0.2) is 96.7 Å². The highest BCUT2D eigenvalue weighted by atomic mass is 16.5. The molecule has 2 aliphatic heterocycles. The summed E-state index contributed by atoms with van der Waals surface area (Å²) >= 11 is 0. The van der Waals surface area contributed by atoms with E-state index in [1.165, 1.54) is 0 Å². The quantitative estimate of drug-likeness (QED) is 0.0951. The molecular formula is C44H50N6O2+2. The zero-order valence-electron chi connectivity index (χ0n) is 31.3. The fourth-order valence-corrected chi connectivity index (χ4v) is 6.54. The van der Waals surface area contributed by atoms with E-state index < -0.39 is 0 Å². The molecule has 0 saturated carbocycles. The summed E-state index contributed by atoms with van der Waals surface area (Å²) in [4.78, 5) is 10.0. The van der Waals surface area contributed by atoms with Crippen LogP contribution in [0.3, 0.4) is 0 Å². The molecule has 0 N–H and O–H groups in total. The van der Waals surface area contributed by atoms with E-state index in [1.54, 1.807) is 0 Å². The number of rotatable bonds is 12. The van der Waals surface area contributed by atoms with Gasteiger partial charge in [-0.15, -0.1) is 0 Å². The lowest BCUT2D eigenvalue weighted by atomic mass is 10.2. The molecule has 2 aliphatic rings. The molecule has 3 aromatic heterocycles. The normalized spacial score (nSPS) is 12.7. The Hall–Kier alpha value is -5.44. The first-order valence-corrected chi connectivity index (χ1v) is 18.1. The second-order valence-electron chi connectivity index (χ2n) is 15.6. The Morgan fingerprint density at radius 2 is 0.750 bits per heavy atom. The van der Waals surface area contributed by atoms with Gasteiger partial charge in [-0.1, -0.05) is 0 Å². The van der Waals surface area contributed by atoms with Crippen LogP contribution in [0.25, 0.3) is 57.7 Å². The van der Waals surface area contributed by atoms with Crippen molar-refractivity contribution in [2.75, 3.05) is 68.6 Å². The summed E-state index contributed by atoms with van der Waals surface area (Å²) in [6, 6.07) is 33.8. The number of hydrogen-bond acceptors (Lipinski definition) is 4. The molecule has 2 aromatic carbocycles. The smallest absolute Gasteiger partial charge is 0.119 e. The molecule has 0 radical (unpaired) electrons. The molecule has 5 heterocycles. The number of nitrogens with zero attached hydrogens (tertiary/aromatic N) is 6. The second kappa shape index (κ2) is 14.7. The van der Waals surface area contributed by atoms with Crippen LogP contribution in [0.5, 0.6) is 11.5 Å². The van der Waals surface area contributed by atoms with Crippen molar-refractivity contribution in [1.82, 2.24) is 19.1 Å². The van der Waals surface area contributed by atoms with Crippen molar-refractivity contribution in [2.45, 2.75) is 12.8 Å². The van der Waals surface area contributed by atoms with Gasteiger partial charge in [0.15, 0.2) is 0 Å². The molecule has 8 bridgehead atoms. The minimum Gasteiger partial charge on any atom is -0.493 e. The molecule has 266 valence electrons. The highest BCUT2D eigenvalue weighted by molar-refractivity contribution is 5.80. The Morgan fingerprint density at radius 3 is 1.04 bits per heavy atom. The molecule has 0 saturated heterocycles. The van der Waals surface area contributed by atoms with Crippen LogP contribution >= 0.6 is 0 Å². The lowest BCUT2D eigenvalue weighted by Crippen LogP contribution is -2.36. The first kappa shape index (κ1) is 35.0. The van der Waals surface area contributed by atoms with Gasteiger partial charge in [0.2, 0.25) is 0 Å². The Morgan fingerprint density at radius 1 is 0.442 bits per heavy atom. The monoisotopic (exact) mass is 694 g/mol. The van der Waals surface area contributed by atoms with Crippen LogP contribution in [0.4, 0.5) is 0 Å². The summed E-state index contributed by atoms with van der Waals surface area (Å²) in [6.45, 7) is 3.54. The van der Waals surface area contributed by atoms with Crippen molar-refractivity contribution >= 4 is 46.4 Å². The third-order valence-electron chi connectivity index (χ3n) is 9.11. The first-order chi connectivity index (χ1) is 25.0. The zero-order valence-corrected chi connectivity index (χ0v) is 31.3. The van der Waals surface area contributed by atoms with Gasteiger partial charge in [-0.3, -0.25) is 0 Å². The van der Waals surface area contributed by atoms with E-state index in [0.717, 1.165) is 103 Å². The number of quaternary nitrogens is 2. The predicted octanol–water partition coefficient (Wildman–Crippen LogP) is 8.53. The number of ether oxygens (including phenoxy) is 2. The van der Waals surface area contributed by atoms with Crippen LogP contribution in [0.2, 0.25) is 0 Å². The highest BCUT2D eigenvalue weighted by Crippen LogP contribution is 2.27. The molecule has 0 spiro atoms. The van der Waals surface area contributed by atoms with E-state index in [9.17, 15) is 0 Å². The molecule has 0 atom stereocenters. The molecule has 8 heteroatoms. The summed E-state index contributed by atoms with van der Waals surface area (Å²) < 4.78 is 18.5. The summed E-state index contributed by atoms with van der Waals surface area (Å²) in [5.41, 5.74) is 9.79.